The number of aryl methyl sites for hydroxylation is 1. The summed E-state index contributed by atoms with van der Waals surface area (Å²) in [6.45, 7) is 1.93. The standard InChI is InChI=1S/C17H14FNO2S2/c1-11-19-16(13-4-2-12(3-5-13)10-23(20)21)17(22-11)14-6-8-15(18)9-7-14/h2-9H,10H2,1H3,(H,20,21)/p-1. The van der Waals surface area contributed by atoms with Gasteiger partial charge in [-0.1, -0.05) is 47.5 Å². The van der Waals surface area contributed by atoms with Crippen LogP contribution < -0.4 is 0 Å². The largest absolute Gasteiger partial charge is 0.772 e. The predicted octanol–water partition coefficient (Wildman–Crippen LogP) is 4.30. The van der Waals surface area contributed by atoms with Crippen LogP contribution in [0.25, 0.3) is 21.7 Å². The minimum absolute atomic E-state index is 0.00118. The molecule has 0 saturated carbocycles. The molecule has 0 bridgehead atoms. The van der Waals surface area contributed by atoms with Crippen molar-refractivity contribution in [3.63, 3.8) is 0 Å². The number of halogens is 1. The Balaban J connectivity index is 2.00. The highest BCUT2D eigenvalue weighted by molar-refractivity contribution is 7.78. The third kappa shape index (κ3) is 3.72. The van der Waals surface area contributed by atoms with Crippen molar-refractivity contribution < 1.29 is 13.2 Å². The number of hydrogen-bond donors (Lipinski definition) is 0. The van der Waals surface area contributed by atoms with Gasteiger partial charge in [0.25, 0.3) is 0 Å². The van der Waals surface area contributed by atoms with E-state index in [1.54, 1.807) is 35.6 Å². The quantitative estimate of drug-likeness (QED) is 0.662. The molecule has 3 nitrogen and oxygen atoms in total. The summed E-state index contributed by atoms with van der Waals surface area (Å²) >= 11 is -0.548. The fourth-order valence-electron chi connectivity index (χ4n) is 2.31. The average molecular weight is 346 g/mol. The van der Waals surface area contributed by atoms with Gasteiger partial charge in [-0.15, -0.1) is 11.3 Å². The van der Waals surface area contributed by atoms with Crippen LogP contribution in [0.2, 0.25) is 0 Å². The Bertz CT molecular complexity index is 842. The van der Waals surface area contributed by atoms with Crippen molar-refractivity contribution in [2.24, 2.45) is 0 Å². The zero-order chi connectivity index (χ0) is 16.4. The Hall–Kier alpha value is -1.89. The molecule has 0 aliphatic carbocycles. The van der Waals surface area contributed by atoms with Crippen molar-refractivity contribution in [3.05, 3.63) is 64.9 Å². The molecule has 23 heavy (non-hydrogen) atoms. The van der Waals surface area contributed by atoms with Crippen LogP contribution in [-0.2, 0) is 16.8 Å². The van der Waals surface area contributed by atoms with Gasteiger partial charge in [-0.25, -0.2) is 9.37 Å². The lowest BCUT2D eigenvalue weighted by atomic mass is 10.1. The van der Waals surface area contributed by atoms with Crippen LogP contribution >= 0.6 is 11.3 Å². The Kier molecular flexibility index (Phi) is 4.66. The SMILES string of the molecule is Cc1nc(-c2ccc(CS(=O)[O-])cc2)c(-c2ccc(F)cc2)s1. The van der Waals surface area contributed by atoms with Gasteiger partial charge in [0.2, 0.25) is 0 Å². The number of benzene rings is 2. The Morgan fingerprint density at radius 3 is 2.30 bits per heavy atom. The second kappa shape index (κ2) is 6.70. The molecule has 2 aromatic carbocycles. The lowest BCUT2D eigenvalue weighted by Crippen LogP contribution is -1.93. The van der Waals surface area contributed by atoms with Gasteiger partial charge in [0.15, 0.2) is 0 Å². The Morgan fingerprint density at radius 1 is 1.09 bits per heavy atom. The van der Waals surface area contributed by atoms with E-state index >= 15 is 0 Å². The summed E-state index contributed by atoms with van der Waals surface area (Å²) in [6.07, 6.45) is 0. The molecule has 3 rings (SSSR count). The number of rotatable bonds is 4. The van der Waals surface area contributed by atoms with Crippen molar-refractivity contribution in [3.8, 4) is 21.7 Å². The van der Waals surface area contributed by atoms with Gasteiger partial charge in [-0.05, 0) is 30.2 Å². The highest BCUT2D eigenvalue weighted by Crippen LogP contribution is 2.36. The summed E-state index contributed by atoms with van der Waals surface area (Å²) in [5.41, 5.74) is 3.39. The molecule has 0 amide bonds. The van der Waals surface area contributed by atoms with E-state index in [1.165, 1.54) is 12.1 Å². The van der Waals surface area contributed by atoms with Crippen LogP contribution in [0.15, 0.2) is 48.5 Å². The molecule has 6 heteroatoms. The summed E-state index contributed by atoms with van der Waals surface area (Å²) in [5, 5.41) is 0.920. The molecule has 0 aliphatic heterocycles. The first-order valence-corrected chi connectivity index (χ1v) is 8.97. The van der Waals surface area contributed by atoms with Crippen LogP contribution in [0.5, 0.6) is 0 Å². The number of nitrogens with zero attached hydrogens (tertiary/aromatic N) is 1. The minimum atomic E-state index is -2.10. The maximum atomic E-state index is 13.1. The fourth-order valence-corrected chi connectivity index (χ4v) is 3.73. The van der Waals surface area contributed by atoms with Crippen molar-refractivity contribution in [1.29, 1.82) is 0 Å². The van der Waals surface area contributed by atoms with E-state index in [1.807, 2.05) is 19.1 Å². The molecule has 0 saturated heterocycles. The maximum absolute atomic E-state index is 13.1. The third-order valence-corrected chi connectivity index (χ3v) is 4.94. The van der Waals surface area contributed by atoms with E-state index in [-0.39, 0.29) is 11.6 Å². The summed E-state index contributed by atoms with van der Waals surface area (Å²) in [6, 6.07) is 13.6. The molecular formula is C17H13FNO2S2-. The van der Waals surface area contributed by atoms with Gasteiger partial charge >= 0.3 is 0 Å². The lowest BCUT2D eigenvalue weighted by Gasteiger charge is -2.07. The van der Waals surface area contributed by atoms with E-state index in [4.69, 9.17) is 0 Å². The molecule has 3 aromatic rings. The smallest absolute Gasteiger partial charge is 0.123 e. The number of thiazole rings is 1. The molecule has 1 aromatic heterocycles. The monoisotopic (exact) mass is 346 g/mol. The van der Waals surface area contributed by atoms with Crippen molar-refractivity contribution in [2.75, 3.05) is 0 Å². The molecule has 1 unspecified atom stereocenters. The van der Waals surface area contributed by atoms with Crippen LogP contribution in [0, 0.1) is 12.7 Å². The zero-order valence-electron chi connectivity index (χ0n) is 12.3. The summed E-state index contributed by atoms with van der Waals surface area (Å²) in [5.74, 6) is -0.271. The van der Waals surface area contributed by atoms with Crippen molar-refractivity contribution in [2.45, 2.75) is 12.7 Å². The number of hydrogen-bond acceptors (Lipinski definition) is 4. The zero-order valence-corrected chi connectivity index (χ0v) is 13.9. The predicted molar refractivity (Wildman–Crippen MR) is 90.3 cm³/mol. The molecular weight excluding hydrogens is 333 g/mol. The van der Waals surface area contributed by atoms with E-state index in [0.29, 0.717) is 0 Å². The maximum Gasteiger partial charge on any atom is 0.123 e. The second-order valence-electron chi connectivity index (χ2n) is 5.06. The molecule has 0 spiro atoms. The fraction of sp³-hybridized carbons (Fsp3) is 0.118. The van der Waals surface area contributed by atoms with Crippen LogP contribution in [-0.4, -0.2) is 13.7 Å². The van der Waals surface area contributed by atoms with Gasteiger partial charge in [-0.2, -0.15) is 0 Å². The molecule has 1 heterocycles. The molecule has 0 radical (unpaired) electrons. The van der Waals surface area contributed by atoms with Crippen LogP contribution in [0.3, 0.4) is 0 Å². The average Bonchev–Trinajstić information content (AvgIpc) is 2.90. The first-order chi connectivity index (χ1) is 11.0. The van der Waals surface area contributed by atoms with E-state index < -0.39 is 11.1 Å². The molecule has 0 N–H and O–H groups in total. The van der Waals surface area contributed by atoms with Crippen molar-refractivity contribution in [1.82, 2.24) is 4.98 Å². The first-order valence-electron chi connectivity index (χ1n) is 6.91. The second-order valence-corrected chi connectivity index (χ2v) is 7.16. The topological polar surface area (TPSA) is 53.0 Å². The summed E-state index contributed by atoms with van der Waals surface area (Å²) < 4.78 is 34.6. The highest BCUT2D eigenvalue weighted by Gasteiger charge is 2.13. The molecule has 118 valence electrons. The van der Waals surface area contributed by atoms with Gasteiger partial charge in [0, 0.05) is 11.3 Å². The number of aromatic nitrogens is 1. The Labute approximate surface area is 140 Å². The van der Waals surface area contributed by atoms with E-state index in [2.05, 4.69) is 4.98 Å². The first kappa shape index (κ1) is 16.0. The van der Waals surface area contributed by atoms with Crippen LogP contribution in [0.1, 0.15) is 10.6 Å². The normalized spacial score (nSPS) is 12.3. The molecule has 0 fully saturated rings. The summed E-state index contributed by atoms with van der Waals surface area (Å²) in [4.78, 5) is 5.55. The van der Waals surface area contributed by atoms with Gasteiger partial charge in [0.05, 0.1) is 15.6 Å². The molecule has 1 atom stereocenters. The van der Waals surface area contributed by atoms with E-state index in [0.717, 1.165) is 32.3 Å². The minimum Gasteiger partial charge on any atom is -0.772 e. The van der Waals surface area contributed by atoms with Crippen molar-refractivity contribution >= 4 is 22.4 Å². The third-order valence-electron chi connectivity index (χ3n) is 3.35. The Morgan fingerprint density at radius 2 is 1.70 bits per heavy atom. The highest BCUT2D eigenvalue weighted by atomic mass is 32.2. The van der Waals surface area contributed by atoms with Gasteiger partial charge in [-0.3, -0.25) is 4.21 Å². The van der Waals surface area contributed by atoms with Gasteiger partial charge in [0.1, 0.15) is 5.82 Å². The van der Waals surface area contributed by atoms with Gasteiger partial charge < -0.3 is 4.55 Å². The molecule has 0 aliphatic rings. The van der Waals surface area contributed by atoms with Crippen LogP contribution in [0.4, 0.5) is 4.39 Å². The summed E-state index contributed by atoms with van der Waals surface area (Å²) in [7, 11) is 0. The van der Waals surface area contributed by atoms with E-state index in [9.17, 15) is 13.2 Å². The lowest BCUT2D eigenvalue weighted by molar-refractivity contribution is 0.536.